The fourth-order valence-corrected chi connectivity index (χ4v) is 2.90. The smallest absolute Gasteiger partial charge is 0.184 e. The lowest BCUT2D eigenvalue weighted by Gasteiger charge is -2.11. The van der Waals surface area contributed by atoms with Crippen LogP contribution in [0.25, 0.3) is 10.2 Å². The molecule has 2 aromatic heterocycles. The van der Waals surface area contributed by atoms with E-state index in [-0.39, 0.29) is 6.04 Å². The van der Waals surface area contributed by atoms with Crippen LogP contribution in [-0.4, -0.2) is 9.97 Å². The maximum atomic E-state index is 5.77. The standard InChI is InChI=1S/C14H14N4S/c1-9(11-4-2-3-7-16-11)17-14-18-12-6-5-10(15)8-13(12)19-14/h2-9H,15H2,1H3,(H,17,18). The number of hydrogen-bond acceptors (Lipinski definition) is 5. The van der Waals surface area contributed by atoms with Gasteiger partial charge in [0.2, 0.25) is 0 Å². The number of thiazole rings is 1. The van der Waals surface area contributed by atoms with E-state index in [1.807, 2.05) is 36.4 Å². The molecule has 0 saturated carbocycles. The first kappa shape index (κ1) is 11.9. The lowest BCUT2D eigenvalue weighted by atomic mass is 10.2. The normalized spacial score (nSPS) is 12.5. The molecule has 0 bridgehead atoms. The number of hydrogen-bond donors (Lipinski definition) is 2. The molecule has 0 amide bonds. The van der Waals surface area contributed by atoms with Crippen molar-refractivity contribution in [3.8, 4) is 0 Å². The first-order valence-electron chi connectivity index (χ1n) is 6.06. The predicted molar refractivity (Wildman–Crippen MR) is 80.3 cm³/mol. The van der Waals surface area contributed by atoms with Gasteiger partial charge in [0.25, 0.3) is 0 Å². The van der Waals surface area contributed by atoms with Crippen LogP contribution in [0.4, 0.5) is 10.8 Å². The molecule has 0 radical (unpaired) electrons. The molecule has 1 unspecified atom stereocenters. The molecule has 3 N–H and O–H groups in total. The van der Waals surface area contributed by atoms with Crippen molar-refractivity contribution < 1.29 is 0 Å². The number of aromatic nitrogens is 2. The molecule has 1 atom stereocenters. The Balaban J connectivity index is 1.85. The summed E-state index contributed by atoms with van der Waals surface area (Å²) < 4.78 is 1.09. The highest BCUT2D eigenvalue weighted by molar-refractivity contribution is 7.22. The summed E-state index contributed by atoms with van der Waals surface area (Å²) in [6.45, 7) is 2.07. The van der Waals surface area contributed by atoms with Crippen molar-refractivity contribution in [3.63, 3.8) is 0 Å². The molecule has 19 heavy (non-hydrogen) atoms. The number of nitrogens with zero attached hydrogens (tertiary/aromatic N) is 2. The molecule has 0 aliphatic heterocycles. The fourth-order valence-electron chi connectivity index (χ4n) is 1.89. The maximum Gasteiger partial charge on any atom is 0.184 e. The second kappa shape index (κ2) is 4.85. The van der Waals surface area contributed by atoms with Gasteiger partial charge in [-0.25, -0.2) is 4.98 Å². The van der Waals surface area contributed by atoms with Crippen LogP contribution in [0.2, 0.25) is 0 Å². The van der Waals surface area contributed by atoms with Crippen molar-refractivity contribution in [1.29, 1.82) is 0 Å². The van der Waals surface area contributed by atoms with E-state index >= 15 is 0 Å². The number of nitrogens with two attached hydrogens (primary N) is 1. The number of nitrogens with one attached hydrogen (secondary N) is 1. The Labute approximate surface area is 115 Å². The van der Waals surface area contributed by atoms with E-state index in [4.69, 9.17) is 5.73 Å². The van der Waals surface area contributed by atoms with Gasteiger partial charge in [-0.1, -0.05) is 17.4 Å². The SMILES string of the molecule is CC(Nc1nc2ccc(N)cc2s1)c1ccccn1. The van der Waals surface area contributed by atoms with Crippen LogP contribution < -0.4 is 11.1 Å². The minimum atomic E-state index is 0.124. The van der Waals surface area contributed by atoms with E-state index < -0.39 is 0 Å². The summed E-state index contributed by atoms with van der Waals surface area (Å²) in [6.07, 6.45) is 1.80. The van der Waals surface area contributed by atoms with E-state index in [0.717, 1.165) is 26.7 Å². The maximum absolute atomic E-state index is 5.77. The third kappa shape index (κ3) is 2.51. The van der Waals surface area contributed by atoms with Crippen LogP contribution in [0, 0.1) is 0 Å². The number of fused-ring (bicyclic) bond motifs is 1. The van der Waals surface area contributed by atoms with Crippen LogP contribution in [0.1, 0.15) is 18.7 Å². The second-order valence-corrected chi connectivity index (χ2v) is 5.40. The Bertz CT molecular complexity index is 693. The molecular weight excluding hydrogens is 256 g/mol. The summed E-state index contributed by atoms with van der Waals surface area (Å²) in [6, 6.07) is 11.8. The number of pyridine rings is 1. The van der Waals surface area contributed by atoms with E-state index in [0.29, 0.717) is 0 Å². The number of benzene rings is 1. The first-order chi connectivity index (χ1) is 9.22. The van der Waals surface area contributed by atoms with Crippen molar-refractivity contribution in [2.75, 3.05) is 11.1 Å². The number of anilines is 2. The molecule has 2 heterocycles. The average molecular weight is 270 g/mol. The minimum absolute atomic E-state index is 0.124. The number of nitrogen functional groups attached to an aromatic ring is 1. The molecule has 0 spiro atoms. The summed E-state index contributed by atoms with van der Waals surface area (Å²) in [5.74, 6) is 0. The van der Waals surface area contributed by atoms with E-state index in [1.165, 1.54) is 0 Å². The molecular formula is C14H14N4S. The monoisotopic (exact) mass is 270 g/mol. The van der Waals surface area contributed by atoms with Gasteiger partial charge in [0.1, 0.15) is 0 Å². The van der Waals surface area contributed by atoms with Crippen LogP contribution in [0.15, 0.2) is 42.6 Å². The zero-order valence-electron chi connectivity index (χ0n) is 10.5. The molecule has 0 aliphatic rings. The lowest BCUT2D eigenvalue weighted by Crippen LogP contribution is -2.07. The Morgan fingerprint density at radius 2 is 2.16 bits per heavy atom. The van der Waals surface area contributed by atoms with Gasteiger partial charge in [-0.3, -0.25) is 4.98 Å². The zero-order chi connectivity index (χ0) is 13.2. The lowest BCUT2D eigenvalue weighted by molar-refractivity contribution is 0.838. The average Bonchev–Trinajstić information content (AvgIpc) is 2.81. The topological polar surface area (TPSA) is 63.8 Å². The van der Waals surface area contributed by atoms with Crippen molar-refractivity contribution in [1.82, 2.24) is 9.97 Å². The Kier molecular flexibility index (Phi) is 3.05. The molecule has 0 fully saturated rings. The molecule has 0 saturated heterocycles. The summed E-state index contributed by atoms with van der Waals surface area (Å²) in [4.78, 5) is 8.88. The summed E-state index contributed by atoms with van der Waals surface area (Å²) in [7, 11) is 0. The van der Waals surface area contributed by atoms with Crippen molar-refractivity contribution >= 4 is 32.4 Å². The molecule has 3 rings (SSSR count). The Hall–Kier alpha value is -2.14. The van der Waals surface area contributed by atoms with Gasteiger partial charge in [-0.2, -0.15) is 0 Å². The fraction of sp³-hybridized carbons (Fsp3) is 0.143. The Morgan fingerprint density at radius 3 is 2.95 bits per heavy atom. The van der Waals surface area contributed by atoms with E-state index in [9.17, 15) is 0 Å². The zero-order valence-corrected chi connectivity index (χ0v) is 11.3. The quantitative estimate of drug-likeness (QED) is 0.715. The molecule has 3 aromatic rings. The van der Waals surface area contributed by atoms with Crippen LogP contribution in [0.5, 0.6) is 0 Å². The van der Waals surface area contributed by atoms with Gasteiger partial charge in [-0.05, 0) is 37.3 Å². The molecule has 0 aliphatic carbocycles. The van der Waals surface area contributed by atoms with Gasteiger partial charge in [-0.15, -0.1) is 0 Å². The van der Waals surface area contributed by atoms with Gasteiger partial charge >= 0.3 is 0 Å². The van der Waals surface area contributed by atoms with E-state index in [1.54, 1.807) is 17.5 Å². The Morgan fingerprint density at radius 1 is 1.26 bits per heavy atom. The van der Waals surface area contributed by atoms with E-state index in [2.05, 4.69) is 22.2 Å². The molecule has 5 heteroatoms. The highest BCUT2D eigenvalue weighted by Crippen LogP contribution is 2.29. The molecule has 1 aromatic carbocycles. The summed E-state index contributed by atoms with van der Waals surface area (Å²) in [5, 5.41) is 4.26. The first-order valence-corrected chi connectivity index (χ1v) is 6.87. The highest BCUT2D eigenvalue weighted by Gasteiger charge is 2.09. The summed E-state index contributed by atoms with van der Waals surface area (Å²) >= 11 is 1.60. The largest absolute Gasteiger partial charge is 0.399 e. The third-order valence-corrected chi connectivity index (χ3v) is 3.83. The van der Waals surface area contributed by atoms with Gasteiger partial charge < -0.3 is 11.1 Å². The van der Waals surface area contributed by atoms with Crippen molar-refractivity contribution in [2.24, 2.45) is 0 Å². The van der Waals surface area contributed by atoms with Crippen LogP contribution in [0.3, 0.4) is 0 Å². The number of rotatable bonds is 3. The predicted octanol–water partition coefficient (Wildman–Crippen LogP) is 3.45. The van der Waals surface area contributed by atoms with Gasteiger partial charge in [0.05, 0.1) is 22.0 Å². The minimum Gasteiger partial charge on any atom is -0.399 e. The van der Waals surface area contributed by atoms with Crippen LogP contribution in [-0.2, 0) is 0 Å². The summed E-state index contributed by atoms with van der Waals surface area (Å²) in [5.41, 5.74) is 8.51. The van der Waals surface area contributed by atoms with Crippen molar-refractivity contribution in [2.45, 2.75) is 13.0 Å². The molecule has 96 valence electrons. The van der Waals surface area contributed by atoms with Crippen molar-refractivity contribution in [3.05, 3.63) is 48.3 Å². The van der Waals surface area contributed by atoms with Crippen LogP contribution >= 0.6 is 11.3 Å². The third-order valence-electron chi connectivity index (χ3n) is 2.88. The highest BCUT2D eigenvalue weighted by atomic mass is 32.1. The van der Waals surface area contributed by atoms with Gasteiger partial charge in [0.15, 0.2) is 5.13 Å². The van der Waals surface area contributed by atoms with Gasteiger partial charge in [0, 0.05) is 11.9 Å². The second-order valence-electron chi connectivity index (χ2n) is 4.37. The molecule has 4 nitrogen and oxygen atoms in total.